The lowest BCUT2D eigenvalue weighted by atomic mass is 10.1. The van der Waals surface area contributed by atoms with Gasteiger partial charge in [0.25, 0.3) is 0 Å². The zero-order valence-electron chi connectivity index (χ0n) is 10.8. The Balaban J connectivity index is 2.65. The van der Waals surface area contributed by atoms with Gasteiger partial charge < -0.3 is 19.8 Å². The van der Waals surface area contributed by atoms with Crippen LogP contribution in [-0.2, 0) is 0 Å². The van der Waals surface area contributed by atoms with Crippen LogP contribution in [0.5, 0.6) is 5.75 Å². The first kappa shape index (κ1) is 15.4. The van der Waals surface area contributed by atoms with E-state index in [-0.39, 0.29) is 6.61 Å². The van der Waals surface area contributed by atoms with Crippen LogP contribution < -0.4 is 4.74 Å². The van der Waals surface area contributed by atoms with Crippen LogP contribution in [0.25, 0.3) is 0 Å². The Morgan fingerprint density at radius 2 is 2.11 bits per heavy atom. The zero-order valence-corrected chi connectivity index (χ0v) is 12.4. The molecule has 2 N–H and O–H groups in total. The van der Waals surface area contributed by atoms with Crippen LogP contribution in [0.15, 0.2) is 22.7 Å². The number of methoxy groups -OCH3 is 1. The number of nitrogens with zero attached hydrogens (tertiary/aromatic N) is 1. The van der Waals surface area contributed by atoms with E-state index in [1.54, 1.807) is 7.11 Å². The van der Waals surface area contributed by atoms with Gasteiger partial charge in [0.1, 0.15) is 5.75 Å². The maximum atomic E-state index is 10.2. The normalized spacial score (nSPS) is 12.8. The van der Waals surface area contributed by atoms with Crippen molar-refractivity contribution in [3.63, 3.8) is 0 Å². The molecule has 102 valence electrons. The number of aliphatic hydroxyl groups is 2. The number of rotatable bonds is 7. The van der Waals surface area contributed by atoms with Crippen LogP contribution in [-0.4, -0.2) is 49.0 Å². The Labute approximate surface area is 116 Å². The van der Waals surface area contributed by atoms with E-state index < -0.39 is 6.10 Å². The highest BCUT2D eigenvalue weighted by Gasteiger charge is 2.14. The van der Waals surface area contributed by atoms with Crippen molar-refractivity contribution in [2.45, 2.75) is 12.5 Å². The van der Waals surface area contributed by atoms with Gasteiger partial charge in [-0.2, -0.15) is 0 Å². The quantitative estimate of drug-likeness (QED) is 0.805. The second-order valence-electron chi connectivity index (χ2n) is 4.22. The molecule has 0 aromatic heterocycles. The standard InChI is InChI=1S/C13H20BrNO3/c1-15(7-8-16)6-5-12(17)11-9-10(14)3-4-13(11)18-2/h3-4,9,12,16-17H,5-8H2,1-2H3. The molecule has 0 amide bonds. The summed E-state index contributed by atoms with van der Waals surface area (Å²) < 4.78 is 6.16. The minimum Gasteiger partial charge on any atom is -0.496 e. The topological polar surface area (TPSA) is 52.9 Å². The molecule has 0 aliphatic rings. The van der Waals surface area contributed by atoms with Crippen LogP contribution in [0.3, 0.4) is 0 Å². The number of hydrogen-bond acceptors (Lipinski definition) is 4. The Morgan fingerprint density at radius 3 is 2.72 bits per heavy atom. The monoisotopic (exact) mass is 317 g/mol. The predicted molar refractivity (Wildman–Crippen MR) is 74.9 cm³/mol. The molecule has 0 heterocycles. The summed E-state index contributed by atoms with van der Waals surface area (Å²) in [7, 11) is 3.51. The first-order valence-corrected chi connectivity index (χ1v) is 6.68. The van der Waals surface area contributed by atoms with Crippen LogP contribution in [0.4, 0.5) is 0 Å². The molecule has 0 aliphatic carbocycles. The predicted octanol–water partition coefficient (Wildman–Crippen LogP) is 1.81. The van der Waals surface area contributed by atoms with E-state index in [0.29, 0.717) is 18.7 Å². The van der Waals surface area contributed by atoms with Gasteiger partial charge in [-0.3, -0.25) is 0 Å². The van der Waals surface area contributed by atoms with Gasteiger partial charge in [0, 0.05) is 23.1 Å². The Hall–Kier alpha value is -0.620. The number of ether oxygens (including phenoxy) is 1. The minimum absolute atomic E-state index is 0.132. The highest BCUT2D eigenvalue weighted by atomic mass is 79.9. The average Bonchev–Trinajstić information content (AvgIpc) is 2.36. The second-order valence-corrected chi connectivity index (χ2v) is 5.13. The number of hydrogen-bond donors (Lipinski definition) is 2. The van der Waals surface area contributed by atoms with Gasteiger partial charge >= 0.3 is 0 Å². The number of aliphatic hydroxyl groups excluding tert-OH is 2. The van der Waals surface area contributed by atoms with E-state index >= 15 is 0 Å². The molecule has 0 saturated carbocycles. The lowest BCUT2D eigenvalue weighted by molar-refractivity contribution is 0.138. The van der Waals surface area contributed by atoms with Gasteiger partial charge in [0.2, 0.25) is 0 Å². The fourth-order valence-corrected chi connectivity index (χ4v) is 2.13. The lowest BCUT2D eigenvalue weighted by Gasteiger charge is -2.19. The van der Waals surface area contributed by atoms with Crippen LogP contribution in [0.2, 0.25) is 0 Å². The van der Waals surface area contributed by atoms with Crippen LogP contribution >= 0.6 is 15.9 Å². The maximum Gasteiger partial charge on any atom is 0.124 e. The molecule has 18 heavy (non-hydrogen) atoms. The van der Waals surface area contributed by atoms with Gasteiger partial charge in [-0.15, -0.1) is 0 Å². The van der Waals surface area contributed by atoms with Crippen molar-refractivity contribution in [2.24, 2.45) is 0 Å². The molecule has 4 nitrogen and oxygen atoms in total. The lowest BCUT2D eigenvalue weighted by Crippen LogP contribution is -2.24. The highest BCUT2D eigenvalue weighted by molar-refractivity contribution is 9.10. The molecule has 0 fully saturated rings. The maximum absolute atomic E-state index is 10.2. The molecule has 1 aromatic carbocycles. The molecule has 1 atom stereocenters. The van der Waals surface area contributed by atoms with E-state index in [1.807, 2.05) is 30.1 Å². The molecule has 0 bridgehead atoms. The molecular formula is C13H20BrNO3. The molecule has 1 rings (SSSR count). The fraction of sp³-hybridized carbons (Fsp3) is 0.538. The summed E-state index contributed by atoms with van der Waals surface area (Å²) in [4.78, 5) is 1.98. The number of halogens is 1. The van der Waals surface area contributed by atoms with Crippen molar-refractivity contribution in [1.29, 1.82) is 0 Å². The van der Waals surface area contributed by atoms with Crippen molar-refractivity contribution in [2.75, 3.05) is 33.9 Å². The Bertz CT molecular complexity index is 373. The molecule has 1 aromatic rings. The van der Waals surface area contributed by atoms with Crippen molar-refractivity contribution in [3.8, 4) is 5.75 Å². The molecule has 0 saturated heterocycles. The molecule has 5 heteroatoms. The third-order valence-electron chi connectivity index (χ3n) is 2.82. The molecule has 0 aliphatic heterocycles. The van der Waals surface area contributed by atoms with Gasteiger partial charge in [-0.05, 0) is 31.7 Å². The largest absolute Gasteiger partial charge is 0.496 e. The van der Waals surface area contributed by atoms with E-state index in [1.165, 1.54) is 0 Å². The first-order chi connectivity index (χ1) is 8.58. The van der Waals surface area contributed by atoms with Gasteiger partial charge in [0.15, 0.2) is 0 Å². The van der Waals surface area contributed by atoms with Crippen molar-refractivity contribution in [1.82, 2.24) is 4.90 Å². The van der Waals surface area contributed by atoms with Gasteiger partial charge in [0.05, 0.1) is 19.8 Å². The SMILES string of the molecule is COc1ccc(Br)cc1C(O)CCN(C)CCO. The third kappa shape index (κ3) is 4.57. The van der Waals surface area contributed by atoms with E-state index in [0.717, 1.165) is 16.6 Å². The molecular weight excluding hydrogens is 298 g/mol. The minimum atomic E-state index is -0.571. The summed E-state index contributed by atoms with van der Waals surface area (Å²) in [5.74, 6) is 0.690. The second kappa shape index (κ2) is 7.74. The van der Waals surface area contributed by atoms with E-state index in [2.05, 4.69) is 15.9 Å². The Kier molecular flexibility index (Phi) is 6.63. The summed E-state index contributed by atoms with van der Waals surface area (Å²) in [6, 6.07) is 5.59. The summed E-state index contributed by atoms with van der Waals surface area (Å²) >= 11 is 3.39. The molecule has 1 unspecified atom stereocenters. The van der Waals surface area contributed by atoms with E-state index in [4.69, 9.17) is 9.84 Å². The summed E-state index contributed by atoms with van der Waals surface area (Å²) in [5, 5.41) is 19.0. The van der Waals surface area contributed by atoms with Gasteiger partial charge in [-0.1, -0.05) is 15.9 Å². The van der Waals surface area contributed by atoms with E-state index in [9.17, 15) is 5.11 Å². The Morgan fingerprint density at radius 1 is 1.39 bits per heavy atom. The van der Waals surface area contributed by atoms with Crippen molar-refractivity contribution in [3.05, 3.63) is 28.2 Å². The third-order valence-corrected chi connectivity index (χ3v) is 3.31. The molecule has 0 spiro atoms. The zero-order chi connectivity index (χ0) is 13.5. The fourth-order valence-electron chi connectivity index (χ4n) is 1.75. The van der Waals surface area contributed by atoms with Crippen molar-refractivity contribution < 1.29 is 14.9 Å². The molecule has 0 radical (unpaired) electrons. The van der Waals surface area contributed by atoms with Crippen LogP contribution in [0.1, 0.15) is 18.1 Å². The smallest absolute Gasteiger partial charge is 0.124 e. The van der Waals surface area contributed by atoms with Gasteiger partial charge in [-0.25, -0.2) is 0 Å². The van der Waals surface area contributed by atoms with Crippen LogP contribution in [0, 0.1) is 0 Å². The first-order valence-electron chi connectivity index (χ1n) is 5.89. The number of benzene rings is 1. The summed E-state index contributed by atoms with van der Waals surface area (Å²) in [5.41, 5.74) is 0.782. The highest BCUT2D eigenvalue weighted by Crippen LogP contribution is 2.30. The summed E-state index contributed by atoms with van der Waals surface area (Å²) in [6.45, 7) is 1.46. The summed E-state index contributed by atoms with van der Waals surface area (Å²) in [6.07, 6.45) is 0.0298. The average molecular weight is 318 g/mol. The number of likely N-dealkylation sites (N-methyl/N-ethyl adjacent to an activating group) is 1. The van der Waals surface area contributed by atoms with Crippen molar-refractivity contribution >= 4 is 15.9 Å².